The Bertz CT molecular complexity index is 1730. The topological polar surface area (TPSA) is 154 Å². The van der Waals surface area contributed by atoms with E-state index in [1.54, 1.807) is 33.2 Å². The normalized spacial score (nSPS) is 33.9. The Balaban J connectivity index is 1.58. The molecule has 2 aliphatic rings. The number of rotatable bonds is 10. The molecular formula is C44H60N2O10. The third-order valence-corrected chi connectivity index (χ3v) is 10.9. The molecule has 1 fully saturated rings. The van der Waals surface area contributed by atoms with Crippen LogP contribution in [0.1, 0.15) is 65.9 Å². The molecule has 1 aromatic heterocycles. The minimum absolute atomic E-state index is 0.00958. The van der Waals surface area contributed by atoms with E-state index in [1.807, 2.05) is 76.2 Å². The van der Waals surface area contributed by atoms with Gasteiger partial charge in [0.2, 0.25) is 0 Å². The molecule has 306 valence electrons. The van der Waals surface area contributed by atoms with Gasteiger partial charge in [0.25, 0.3) is 0 Å². The number of ether oxygens (including phenoxy) is 5. The van der Waals surface area contributed by atoms with Crippen molar-refractivity contribution in [3.63, 3.8) is 0 Å². The van der Waals surface area contributed by atoms with Crippen LogP contribution in [0.2, 0.25) is 0 Å². The molecule has 0 spiro atoms. The Morgan fingerprint density at radius 3 is 2.54 bits per heavy atom. The van der Waals surface area contributed by atoms with E-state index in [0.29, 0.717) is 13.0 Å². The second kappa shape index (κ2) is 21.6. The summed E-state index contributed by atoms with van der Waals surface area (Å²) in [5.74, 6) is 3.33. The lowest BCUT2D eigenvalue weighted by atomic mass is 9.79. The molecule has 0 saturated carbocycles. The standard InChI is InChI=1S/C44H60N2O10/c1-9-38-34(26-52-8)21-27(2)16-17-36(48)28(3)22-33(18-19-47)42(29(4)37(49)24-39(50)55-38)56-44-41(51)40(46(6)7)43(30(5)54-44)53-20-12-13-31-23-32-14-10-11-15-35(32)45-25-31/h10-11,14-17,19,21,23,25,28-30,33-34,37-38,40-44,49,51H,9,18,20,22,24,26H2,1-8H3/b17-16+,27-21+/t28-,29+,30-,33+,34-,37-,38-,40-,41-,42-,43-,44+/m1/s1. The summed E-state index contributed by atoms with van der Waals surface area (Å²) in [7, 11) is 5.22. The maximum atomic E-state index is 13.4. The number of aldehydes is 1. The van der Waals surface area contributed by atoms with Gasteiger partial charge in [-0.2, -0.15) is 0 Å². The number of benzene rings is 1. The number of carbonyl (C=O) groups is 3. The van der Waals surface area contributed by atoms with Crippen LogP contribution in [0, 0.1) is 35.5 Å². The highest BCUT2D eigenvalue weighted by atomic mass is 16.7. The molecule has 12 atom stereocenters. The van der Waals surface area contributed by atoms with Gasteiger partial charge in [-0.15, -0.1) is 0 Å². The monoisotopic (exact) mass is 776 g/mol. The smallest absolute Gasteiger partial charge is 0.308 e. The lowest BCUT2D eigenvalue weighted by Crippen LogP contribution is -2.64. The molecule has 2 aliphatic heterocycles. The molecule has 12 heteroatoms. The lowest BCUT2D eigenvalue weighted by molar-refractivity contribution is -0.307. The van der Waals surface area contributed by atoms with Crippen LogP contribution in [0.15, 0.2) is 60.3 Å². The maximum absolute atomic E-state index is 13.4. The fraction of sp³-hybridized carbons (Fsp3) is 0.591. The number of carbonyl (C=O) groups excluding carboxylic acids is 3. The zero-order chi connectivity index (χ0) is 40.9. The molecule has 0 unspecified atom stereocenters. The highest BCUT2D eigenvalue weighted by Crippen LogP contribution is 2.35. The van der Waals surface area contributed by atoms with Gasteiger partial charge in [0.05, 0.1) is 42.9 Å². The number of aliphatic hydroxyl groups excluding tert-OH is 2. The van der Waals surface area contributed by atoms with Gasteiger partial charge in [-0.25, -0.2) is 0 Å². The third-order valence-electron chi connectivity index (χ3n) is 10.9. The second-order valence-corrected chi connectivity index (χ2v) is 15.4. The van der Waals surface area contributed by atoms with Crippen LogP contribution >= 0.6 is 0 Å². The second-order valence-electron chi connectivity index (χ2n) is 15.4. The zero-order valence-electron chi connectivity index (χ0n) is 34.0. The van der Waals surface area contributed by atoms with Crippen molar-refractivity contribution < 1.29 is 48.3 Å². The Morgan fingerprint density at radius 1 is 1.09 bits per heavy atom. The van der Waals surface area contributed by atoms with Crippen molar-refractivity contribution in [1.82, 2.24) is 9.88 Å². The van der Waals surface area contributed by atoms with Crippen molar-refractivity contribution in [3.8, 4) is 11.8 Å². The minimum Gasteiger partial charge on any atom is -0.462 e. The van der Waals surface area contributed by atoms with E-state index in [0.717, 1.165) is 28.3 Å². The van der Waals surface area contributed by atoms with E-state index < -0.39 is 72.7 Å². The van der Waals surface area contributed by atoms with E-state index >= 15 is 0 Å². The Hall–Kier alpha value is -3.80. The number of aliphatic hydroxyl groups is 2. The molecule has 4 rings (SSSR count). The average Bonchev–Trinajstić information content (AvgIpc) is 3.16. The number of aromatic nitrogens is 1. The highest BCUT2D eigenvalue weighted by Gasteiger charge is 2.48. The van der Waals surface area contributed by atoms with E-state index in [4.69, 9.17) is 23.7 Å². The molecule has 56 heavy (non-hydrogen) atoms. The summed E-state index contributed by atoms with van der Waals surface area (Å²) in [6.45, 7) is 9.47. The first-order chi connectivity index (χ1) is 26.8. The lowest BCUT2D eigenvalue weighted by Gasteiger charge is -2.47. The number of esters is 1. The minimum atomic E-state index is -1.24. The number of fused-ring (bicyclic) bond motifs is 1. The van der Waals surface area contributed by atoms with Crippen molar-refractivity contribution in [1.29, 1.82) is 0 Å². The summed E-state index contributed by atoms with van der Waals surface area (Å²) in [5, 5.41) is 24.4. The molecule has 0 amide bonds. The van der Waals surface area contributed by atoms with Crippen molar-refractivity contribution in [2.24, 2.45) is 23.7 Å². The molecule has 3 heterocycles. The number of allylic oxidation sites excluding steroid dienone is 3. The number of hydrogen-bond acceptors (Lipinski definition) is 12. The number of cyclic esters (lactones) is 1. The molecular weight excluding hydrogens is 716 g/mol. The van der Waals surface area contributed by atoms with Gasteiger partial charge in [0.15, 0.2) is 12.1 Å². The Kier molecular flexibility index (Phi) is 17.4. The van der Waals surface area contributed by atoms with Crippen molar-refractivity contribution in [2.45, 2.75) is 109 Å². The van der Waals surface area contributed by atoms with Gasteiger partial charge < -0.3 is 43.6 Å². The first-order valence-electron chi connectivity index (χ1n) is 19.6. The predicted molar refractivity (Wildman–Crippen MR) is 212 cm³/mol. The van der Waals surface area contributed by atoms with Gasteiger partial charge in [-0.1, -0.05) is 68.5 Å². The van der Waals surface area contributed by atoms with Crippen LogP contribution in [0.5, 0.6) is 0 Å². The first-order valence-corrected chi connectivity index (χ1v) is 19.6. The Morgan fingerprint density at radius 2 is 1.84 bits per heavy atom. The number of hydrogen-bond donors (Lipinski definition) is 2. The highest BCUT2D eigenvalue weighted by molar-refractivity contribution is 5.91. The van der Waals surface area contributed by atoms with Crippen molar-refractivity contribution >= 4 is 28.9 Å². The van der Waals surface area contributed by atoms with Gasteiger partial charge >= 0.3 is 5.97 Å². The number of ketones is 1. The largest absolute Gasteiger partial charge is 0.462 e. The van der Waals surface area contributed by atoms with Crippen LogP contribution in [-0.2, 0) is 38.1 Å². The summed E-state index contributed by atoms with van der Waals surface area (Å²) < 4.78 is 30.5. The molecule has 1 aromatic carbocycles. The van der Waals surface area contributed by atoms with E-state index in [-0.39, 0.29) is 37.6 Å². The fourth-order valence-electron chi connectivity index (χ4n) is 7.73. The van der Waals surface area contributed by atoms with Crippen LogP contribution in [-0.4, -0.2) is 122 Å². The number of nitrogens with zero attached hydrogens (tertiary/aromatic N) is 2. The summed E-state index contributed by atoms with van der Waals surface area (Å²) in [4.78, 5) is 45.2. The van der Waals surface area contributed by atoms with E-state index in [2.05, 4.69) is 16.8 Å². The zero-order valence-corrected chi connectivity index (χ0v) is 34.0. The van der Waals surface area contributed by atoms with Crippen LogP contribution < -0.4 is 0 Å². The predicted octanol–water partition coefficient (Wildman–Crippen LogP) is 4.68. The summed E-state index contributed by atoms with van der Waals surface area (Å²) in [5.41, 5.74) is 2.44. The average molecular weight is 777 g/mol. The Labute approximate surface area is 331 Å². The van der Waals surface area contributed by atoms with Crippen LogP contribution in [0.25, 0.3) is 10.9 Å². The first kappa shape index (κ1) is 44.9. The van der Waals surface area contributed by atoms with E-state index in [9.17, 15) is 24.6 Å². The molecule has 0 bridgehead atoms. The molecule has 0 aliphatic carbocycles. The fourth-order valence-corrected chi connectivity index (χ4v) is 7.73. The maximum Gasteiger partial charge on any atom is 0.308 e. The third kappa shape index (κ3) is 12.1. The van der Waals surface area contributed by atoms with Crippen molar-refractivity contribution in [3.05, 3.63) is 65.9 Å². The summed E-state index contributed by atoms with van der Waals surface area (Å²) in [6, 6.07) is 9.18. The summed E-state index contributed by atoms with van der Waals surface area (Å²) >= 11 is 0. The molecule has 0 radical (unpaired) electrons. The van der Waals surface area contributed by atoms with Crippen molar-refractivity contribution in [2.75, 3.05) is 34.4 Å². The van der Waals surface area contributed by atoms with E-state index in [1.165, 1.54) is 6.08 Å². The number of likely N-dealkylation sites (N-methyl/N-ethyl adjacent to an activating group) is 1. The number of para-hydroxylation sites is 1. The van der Waals surface area contributed by atoms with Gasteiger partial charge in [0.1, 0.15) is 31.2 Å². The number of methoxy groups -OCH3 is 1. The molecule has 2 N–H and O–H groups in total. The summed E-state index contributed by atoms with van der Waals surface area (Å²) in [6.07, 6.45) is 1.80. The van der Waals surface area contributed by atoms with Crippen LogP contribution in [0.4, 0.5) is 0 Å². The van der Waals surface area contributed by atoms with Crippen LogP contribution in [0.3, 0.4) is 0 Å². The van der Waals surface area contributed by atoms with Gasteiger partial charge in [-0.05, 0) is 64.9 Å². The quantitative estimate of drug-likeness (QED) is 0.196. The molecule has 1 saturated heterocycles. The van der Waals surface area contributed by atoms with Gasteiger partial charge in [0, 0.05) is 48.4 Å². The van der Waals surface area contributed by atoms with Gasteiger partial charge in [-0.3, -0.25) is 14.6 Å². The number of pyridine rings is 1. The SMILES string of the molecule is CC[C@H]1OC(=O)C[C@@H](O)[C@H](C)[C@@H](O[C@@H]2O[C@H](C)[C@@H](OCC#Cc3cnc4ccccc4c3)[C@H](N(C)C)[C@H]2O)[C@@H](CC=O)C[C@@H](C)C(=O)/C=C/C(C)=C/[C@@H]1COC. The molecule has 12 nitrogen and oxygen atoms in total. The molecule has 2 aromatic rings.